The lowest BCUT2D eigenvalue weighted by molar-refractivity contribution is 0.251. The lowest BCUT2D eigenvalue weighted by atomic mass is 10.3. The summed E-state index contributed by atoms with van der Waals surface area (Å²) in [5.74, 6) is 0.874. The molecule has 1 heterocycles. The Hall–Kier alpha value is -2.97. The zero-order valence-corrected chi connectivity index (χ0v) is 14.0. The van der Waals surface area contributed by atoms with Crippen LogP contribution in [0, 0.1) is 5.82 Å². The van der Waals surface area contributed by atoms with Crippen molar-refractivity contribution in [1.82, 2.24) is 20.3 Å². The third-order valence-electron chi connectivity index (χ3n) is 2.99. The number of urea groups is 1. The molecule has 24 heavy (non-hydrogen) atoms. The molecule has 0 aliphatic rings. The molecule has 128 valence electrons. The van der Waals surface area contributed by atoms with Crippen LogP contribution in [0.5, 0.6) is 0 Å². The number of nitrogens with zero attached hydrogens (tertiary/aromatic N) is 5. The normalized spacial score (nSPS) is 10.2. The van der Waals surface area contributed by atoms with E-state index in [0.717, 1.165) is 0 Å². The number of halogens is 1. The summed E-state index contributed by atoms with van der Waals surface area (Å²) in [5.41, 5.74) is 0.105. The van der Waals surface area contributed by atoms with E-state index in [0.29, 0.717) is 17.7 Å². The van der Waals surface area contributed by atoms with Crippen LogP contribution in [0.25, 0.3) is 0 Å². The second-order valence-electron chi connectivity index (χ2n) is 5.43. The van der Waals surface area contributed by atoms with Gasteiger partial charge in [-0.25, -0.2) is 9.18 Å². The molecule has 0 fully saturated rings. The predicted molar refractivity (Wildman–Crippen MR) is 90.7 cm³/mol. The van der Waals surface area contributed by atoms with Crippen LogP contribution < -0.4 is 20.4 Å². The summed E-state index contributed by atoms with van der Waals surface area (Å²) in [6.07, 6.45) is 0. The van der Waals surface area contributed by atoms with Crippen LogP contribution in [0.2, 0.25) is 0 Å². The second-order valence-corrected chi connectivity index (χ2v) is 5.43. The first kappa shape index (κ1) is 17.4. The fourth-order valence-corrected chi connectivity index (χ4v) is 1.76. The van der Waals surface area contributed by atoms with E-state index in [1.807, 2.05) is 28.2 Å². The number of nitrogens with one attached hydrogen (secondary N) is 2. The van der Waals surface area contributed by atoms with E-state index in [2.05, 4.69) is 25.6 Å². The van der Waals surface area contributed by atoms with Crippen molar-refractivity contribution in [3.63, 3.8) is 0 Å². The second kappa shape index (κ2) is 7.53. The van der Waals surface area contributed by atoms with E-state index in [4.69, 9.17) is 0 Å². The average molecular weight is 333 g/mol. The SMILES string of the molecule is CN(C)c1nc(CNC(=O)Nc2ccccc2F)nc(N(C)C)n1. The maximum absolute atomic E-state index is 13.5. The highest BCUT2D eigenvalue weighted by Crippen LogP contribution is 2.12. The molecule has 0 saturated heterocycles. The number of hydrogen-bond acceptors (Lipinski definition) is 6. The molecule has 1 aromatic carbocycles. The number of anilines is 3. The first-order valence-corrected chi connectivity index (χ1v) is 7.26. The van der Waals surface area contributed by atoms with Gasteiger partial charge in [-0.1, -0.05) is 12.1 Å². The van der Waals surface area contributed by atoms with Gasteiger partial charge in [0.1, 0.15) is 5.82 Å². The number of aromatic nitrogens is 3. The van der Waals surface area contributed by atoms with Gasteiger partial charge in [0.2, 0.25) is 11.9 Å². The van der Waals surface area contributed by atoms with Gasteiger partial charge >= 0.3 is 6.03 Å². The molecule has 1 aromatic heterocycles. The summed E-state index contributed by atoms with van der Waals surface area (Å²) in [6.45, 7) is 0.0878. The summed E-state index contributed by atoms with van der Waals surface area (Å²) < 4.78 is 13.5. The Morgan fingerprint density at radius 3 is 2.17 bits per heavy atom. The number of carbonyl (C=O) groups excluding carboxylic acids is 1. The van der Waals surface area contributed by atoms with Gasteiger partial charge in [0.15, 0.2) is 5.82 Å². The Morgan fingerprint density at radius 1 is 1.04 bits per heavy atom. The molecule has 2 N–H and O–H groups in total. The van der Waals surface area contributed by atoms with E-state index in [1.165, 1.54) is 12.1 Å². The molecule has 0 unspecified atom stereocenters. The quantitative estimate of drug-likeness (QED) is 0.862. The molecule has 0 aliphatic heterocycles. The largest absolute Gasteiger partial charge is 0.347 e. The van der Waals surface area contributed by atoms with Crippen molar-refractivity contribution in [2.45, 2.75) is 6.54 Å². The monoisotopic (exact) mass is 333 g/mol. The first-order chi connectivity index (χ1) is 11.4. The molecule has 2 rings (SSSR count). The van der Waals surface area contributed by atoms with Gasteiger partial charge in [-0.2, -0.15) is 15.0 Å². The van der Waals surface area contributed by atoms with E-state index >= 15 is 0 Å². The van der Waals surface area contributed by atoms with Crippen molar-refractivity contribution >= 4 is 23.6 Å². The van der Waals surface area contributed by atoms with E-state index in [-0.39, 0.29) is 12.2 Å². The summed E-state index contributed by atoms with van der Waals surface area (Å²) in [5, 5.41) is 5.04. The van der Waals surface area contributed by atoms with Crippen molar-refractivity contribution in [3.05, 3.63) is 35.9 Å². The van der Waals surface area contributed by atoms with Crippen LogP contribution in [0.4, 0.5) is 26.8 Å². The van der Waals surface area contributed by atoms with Crippen LogP contribution >= 0.6 is 0 Å². The van der Waals surface area contributed by atoms with Gasteiger partial charge in [-0.05, 0) is 12.1 Å². The van der Waals surface area contributed by atoms with Gasteiger partial charge in [-0.3, -0.25) is 0 Å². The smallest absolute Gasteiger partial charge is 0.319 e. The van der Waals surface area contributed by atoms with Crippen LogP contribution in [-0.4, -0.2) is 49.2 Å². The minimum atomic E-state index is -0.543. The summed E-state index contributed by atoms with van der Waals surface area (Å²) >= 11 is 0. The molecule has 0 atom stereocenters. The number of para-hydroxylation sites is 1. The van der Waals surface area contributed by atoms with E-state index in [1.54, 1.807) is 21.9 Å². The Kier molecular flexibility index (Phi) is 5.46. The van der Waals surface area contributed by atoms with Crippen molar-refractivity contribution in [1.29, 1.82) is 0 Å². The Balaban J connectivity index is 2.05. The van der Waals surface area contributed by atoms with Gasteiger partial charge in [0.25, 0.3) is 0 Å². The molecule has 0 saturated carbocycles. The van der Waals surface area contributed by atoms with Gasteiger partial charge < -0.3 is 20.4 Å². The average Bonchev–Trinajstić information content (AvgIpc) is 2.54. The Bertz CT molecular complexity index is 694. The zero-order chi connectivity index (χ0) is 17.7. The van der Waals surface area contributed by atoms with Gasteiger partial charge in [-0.15, -0.1) is 0 Å². The lowest BCUT2D eigenvalue weighted by Gasteiger charge is -2.16. The molecule has 9 heteroatoms. The van der Waals surface area contributed by atoms with Crippen molar-refractivity contribution in [2.24, 2.45) is 0 Å². The van der Waals surface area contributed by atoms with Gasteiger partial charge in [0.05, 0.1) is 12.2 Å². The summed E-state index contributed by atoms with van der Waals surface area (Å²) in [4.78, 5) is 28.2. The summed E-state index contributed by atoms with van der Waals surface area (Å²) in [7, 11) is 7.27. The number of benzene rings is 1. The van der Waals surface area contributed by atoms with E-state index in [9.17, 15) is 9.18 Å². The molecule has 0 spiro atoms. The molecule has 8 nitrogen and oxygen atoms in total. The van der Waals surface area contributed by atoms with Crippen LogP contribution in [0.1, 0.15) is 5.82 Å². The molecular weight excluding hydrogens is 313 g/mol. The highest BCUT2D eigenvalue weighted by atomic mass is 19.1. The molecule has 0 radical (unpaired) electrons. The first-order valence-electron chi connectivity index (χ1n) is 7.26. The predicted octanol–water partition coefficient (Wildman–Crippen LogP) is 1.46. The number of carbonyl (C=O) groups is 1. The lowest BCUT2D eigenvalue weighted by Crippen LogP contribution is -2.30. The zero-order valence-electron chi connectivity index (χ0n) is 14.0. The van der Waals surface area contributed by atoms with E-state index < -0.39 is 11.8 Å². The standard InChI is InChI=1S/C15H20FN7O/c1-22(2)13-19-12(20-14(21-13)23(3)4)9-17-15(24)18-11-8-6-5-7-10(11)16/h5-8H,9H2,1-4H3,(H2,17,18,24). The third-order valence-corrected chi connectivity index (χ3v) is 2.99. The van der Waals surface area contributed by atoms with Crippen molar-refractivity contribution in [3.8, 4) is 0 Å². The minimum absolute atomic E-state index is 0.0878. The fourth-order valence-electron chi connectivity index (χ4n) is 1.76. The highest BCUT2D eigenvalue weighted by Gasteiger charge is 2.11. The molecule has 2 amide bonds. The number of amides is 2. The molecule has 2 aromatic rings. The van der Waals surface area contributed by atoms with Crippen molar-refractivity contribution < 1.29 is 9.18 Å². The van der Waals surface area contributed by atoms with Crippen LogP contribution in [0.3, 0.4) is 0 Å². The van der Waals surface area contributed by atoms with Crippen LogP contribution in [-0.2, 0) is 6.54 Å². The maximum Gasteiger partial charge on any atom is 0.319 e. The topological polar surface area (TPSA) is 86.3 Å². The Labute approximate surface area is 139 Å². The molecular formula is C15H20FN7O. The number of hydrogen-bond donors (Lipinski definition) is 2. The van der Waals surface area contributed by atoms with Gasteiger partial charge in [0, 0.05) is 28.2 Å². The molecule has 0 aliphatic carbocycles. The highest BCUT2D eigenvalue weighted by molar-refractivity contribution is 5.89. The molecule has 0 bridgehead atoms. The fraction of sp³-hybridized carbons (Fsp3) is 0.333. The van der Waals surface area contributed by atoms with Crippen LogP contribution in [0.15, 0.2) is 24.3 Å². The number of rotatable bonds is 5. The summed E-state index contributed by atoms with van der Waals surface area (Å²) in [6, 6.07) is 5.39. The van der Waals surface area contributed by atoms with Crippen molar-refractivity contribution in [2.75, 3.05) is 43.3 Å². The Morgan fingerprint density at radius 2 is 1.62 bits per heavy atom. The minimum Gasteiger partial charge on any atom is -0.347 e. The third kappa shape index (κ3) is 4.51. The maximum atomic E-state index is 13.5.